The summed E-state index contributed by atoms with van der Waals surface area (Å²) in [5.74, 6) is 1.85. The average molecular weight is 700 g/mol. The Balaban J connectivity index is 0.000000134. The summed E-state index contributed by atoms with van der Waals surface area (Å²) in [4.78, 5) is 40.5. The number of nitrogens with one attached hydrogen (secondary N) is 1. The van der Waals surface area contributed by atoms with Crippen molar-refractivity contribution in [2.45, 2.75) is 96.6 Å². The number of piperidine rings is 1. The number of anilines is 4. The van der Waals surface area contributed by atoms with Crippen molar-refractivity contribution in [1.82, 2.24) is 24.8 Å². The van der Waals surface area contributed by atoms with E-state index in [9.17, 15) is 4.79 Å². The minimum absolute atomic E-state index is 0.137. The number of carbonyl (C=O) groups excluding carboxylic acids is 1. The van der Waals surface area contributed by atoms with Gasteiger partial charge < -0.3 is 20.0 Å². The average Bonchev–Trinajstić information content (AvgIpc) is 3.80. The summed E-state index contributed by atoms with van der Waals surface area (Å²) in [6.07, 6.45) is 18.3. The van der Waals surface area contributed by atoms with Crippen LogP contribution in [0.25, 0.3) is 22.5 Å². The molecule has 4 aromatic rings. The third kappa shape index (κ3) is 7.43. The van der Waals surface area contributed by atoms with Crippen LogP contribution in [0.15, 0.2) is 60.9 Å². The molecular weight excluding hydrogens is 647 g/mol. The predicted octanol–water partition coefficient (Wildman–Crippen LogP) is 8.25. The smallest absolute Gasteiger partial charge is 0.326 e. The predicted molar refractivity (Wildman–Crippen MR) is 210 cm³/mol. The summed E-state index contributed by atoms with van der Waals surface area (Å²) < 4.78 is 0. The van der Waals surface area contributed by atoms with E-state index >= 15 is 0 Å². The quantitative estimate of drug-likeness (QED) is 0.224. The summed E-state index contributed by atoms with van der Waals surface area (Å²) >= 11 is 0. The first-order valence-corrected chi connectivity index (χ1v) is 19.7. The fourth-order valence-corrected chi connectivity index (χ4v) is 8.59. The van der Waals surface area contributed by atoms with E-state index < -0.39 is 0 Å². The second kappa shape index (κ2) is 15.5. The molecule has 52 heavy (non-hydrogen) atoms. The van der Waals surface area contributed by atoms with Crippen molar-refractivity contribution in [1.29, 1.82) is 0 Å². The van der Waals surface area contributed by atoms with Crippen LogP contribution < -0.4 is 20.0 Å². The molecule has 10 heteroatoms. The van der Waals surface area contributed by atoms with Crippen LogP contribution in [-0.2, 0) is 0 Å². The van der Waals surface area contributed by atoms with E-state index in [1.165, 1.54) is 57.1 Å². The van der Waals surface area contributed by atoms with Gasteiger partial charge in [-0.05, 0) is 94.5 Å². The van der Waals surface area contributed by atoms with Gasteiger partial charge in [0.05, 0.1) is 28.8 Å². The lowest BCUT2D eigenvalue weighted by Gasteiger charge is -2.39. The summed E-state index contributed by atoms with van der Waals surface area (Å²) in [5.41, 5.74) is 8.41. The van der Waals surface area contributed by atoms with Gasteiger partial charge >= 0.3 is 6.03 Å². The Labute approximate surface area is 308 Å². The zero-order valence-electron chi connectivity index (χ0n) is 30.9. The highest BCUT2D eigenvalue weighted by molar-refractivity contribution is 5.97. The molecular formula is C42H53N9O. The lowest BCUT2D eigenvalue weighted by Crippen LogP contribution is -2.53. The monoisotopic (exact) mass is 699 g/mol. The molecule has 10 nitrogen and oxygen atoms in total. The van der Waals surface area contributed by atoms with E-state index in [4.69, 9.17) is 9.97 Å². The normalized spacial score (nSPS) is 21.2. The topological polar surface area (TPSA) is 93.6 Å². The van der Waals surface area contributed by atoms with Gasteiger partial charge in [-0.15, -0.1) is 0 Å². The summed E-state index contributed by atoms with van der Waals surface area (Å²) in [7, 11) is 0. The third-order valence-corrected chi connectivity index (χ3v) is 11.4. The van der Waals surface area contributed by atoms with E-state index in [-0.39, 0.29) is 12.1 Å². The molecule has 5 aliphatic heterocycles. The molecule has 0 spiro atoms. The number of hydrogen-bond acceptors (Lipinski definition) is 8. The van der Waals surface area contributed by atoms with Crippen LogP contribution in [-0.4, -0.2) is 82.2 Å². The molecule has 4 bridgehead atoms. The highest BCUT2D eigenvalue weighted by atomic mass is 16.2. The number of carbonyl (C=O) groups is 1. The number of amides is 2. The van der Waals surface area contributed by atoms with Gasteiger partial charge in [0, 0.05) is 80.2 Å². The molecule has 2 atom stereocenters. The molecule has 4 aromatic heterocycles. The fourth-order valence-electron chi connectivity index (χ4n) is 8.59. The maximum Gasteiger partial charge on any atom is 0.326 e. The number of aromatic nitrogens is 4. The van der Waals surface area contributed by atoms with Crippen molar-refractivity contribution >= 4 is 29.0 Å². The first-order valence-electron chi connectivity index (χ1n) is 19.7. The van der Waals surface area contributed by atoms with Crippen LogP contribution >= 0.6 is 0 Å². The van der Waals surface area contributed by atoms with E-state index in [2.05, 4.69) is 55.4 Å². The van der Waals surface area contributed by atoms with Gasteiger partial charge in [0.2, 0.25) is 0 Å². The first kappa shape index (κ1) is 34.4. The van der Waals surface area contributed by atoms with Crippen LogP contribution in [0, 0.1) is 13.8 Å². The van der Waals surface area contributed by atoms with Crippen molar-refractivity contribution in [3.63, 3.8) is 0 Å². The molecule has 6 aliphatic rings. The number of urea groups is 1. The molecule has 2 amide bonds. The van der Waals surface area contributed by atoms with Gasteiger partial charge in [0.1, 0.15) is 0 Å². The lowest BCUT2D eigenvalue weighted by molar-refractivity contribution is 0.190. The Morgan fingerprint density at radius 1 is 0.654 bits per heavy atom. The van der Waals surface area contributed by atoms with Gasteiger partial charge in [-0.2, -0.15) is 0 Å². The summed E-state index contributed by atoms with van der Waals surface area (Å²) in [6, 6.07) is 17.5. The molecule has 4 fully saturated rings. The highest BCUT2D eigenvalue weighted by Crippen LogP contribution is 2.41. The zero-order valence-corrected chi connectivity index (χ0v) is 30.9. The van der Waals surface area contributed by atoms with E-state index in [0.717, 1.165) is 110 Å². The van der Waals surface area contributed by atoms with Crippen LogP contribution in [0.5, 0.6) is 0 Å². The number of rotatable bonds is 2. The van der Waals surface area contributed by atoms with Gasteiger partial charge in [-0.25, -0.2) is 14.8 Å². The standard InChI is InChI=1S/C21H25N5O.C15H16N4.C6H12/c1-15-13-16(7-9-22-15)18-5-6-19-20(23-18)26(17-8-12-25(19)14-17)21(27)24-10-3-2-4-11-24;1-10-8-11(4-6-16-10)13-2-3-14-15(18-13)17-12-5-7-19(14)9-12;1-2-4-6-5-3-1/h5-7,9,13,17H,2-4,8,10-12,14H2,1H3;2-4,6,8,12H,5,7,9H2,1H3,(H,17,18);1-6H2/t17-;12-;/m00./s1. The molecule has 9 heterocycles. The maximum absolute atomic E-state index is 13.4. The molecule has 3 saturated heterocycles. The van der Waals surface area contributed by atoms with E-state index in [0.29, 0.717) is 6.04 Å². The lowest BCUT2D eigenvalue weighted by atomic mass is 10.0. The second-order valence-corrected chi connectivity index (χ2v) is 15.3. The van der Waals surface area contributed by atoms with Crippen molar-refractivity contribution in [3.05, 3.63) is 72.3 Å². The first-order chi connectivity index (χ1) is 25.5. The third-order valence-electron chi connectivity index (χ3n) is 11.4. The molecule has 0 radical (unpaired) electrons. The van der Waals surface area contributed by atoms with Gasteiger partial charge in [-0.1, -0.05) is 38.5 Å². The zero-order chi connectivity index (χ0) is 35.4. The van der Waals surface area contributed by atoms with Crippen LogP contribution in [0.4, 0.5) is 27.8 Å². The molecule has 1 N–H and O–H groups in total. The van der Waals surface area contributed by atoms with Crippen molar-refractivity contribution < 1.29 is 4.79 Å². The Morgan fingerprint density at radius 3 is 1.88 bits per heavy atom. The number of aryl methyl sites for hydroxylation is 2. The number of fused-ring (bicyclic) bond motifs is 8. The molecule has 0 aromatic carbocycles. The fraction of sp³-hybridized carbons (Fsp3) is 0.500. The Hall–Kier alpha value is -4.73. The van der Waals surface area contributed by atoms with Gasteiger partial charge in [-0.3, -0.25) is 14.9 Å². The summed E-state index contributed by atoms with van der Waals surface area (Å²) in [6.45, 7) is 9.89. The summed E-state index contributed by atoms with van der Waals surface area (Å²) in [5, 5.41) is 3.54. The van der Waals surface area contributed by atoms with Crippen molar-refractivity contribution in [3.8, 4) is 22.5 Å². The highest BCUT2D eigenvalue weighted by Gasteiger charge is 2.42. The Morgan fingerprint density at radius 2 is 1.23 bits per heavy atom. The molecule has 272 valence electrons. The number of hydrogen-bond donors (Lipinski definition) is 1. The van der Waals surface area contributed by atoms with Gasteiger partial charge in [0.15, 0.2) is 11.6 Å². The SMILES string of the molecule is C1CCCCC1.Cc1cc(-c2ccc3c(n2)N(C(=O)N2CCCCC2)[C@H]2CCN3C2)ccn1.Cc1cc(-c2ccc3c(n2)N[C@H]2CCN3C2)ccn1. The largest absolute Gasteiger partial charge is 0.366 e. The molecule has 0 unspecified atom stereocenters. The number of likely N-dealkylation sites (tertiary alicyclic amines) is 1. The van der Waals surface area contributed by atoms with Crippen molar-refractivity contribution in [2.75, 3.05) is 59.3 Å². The maximum atomic E-state index is 13.4. The number of nitrogens with zero attached hydrogens (tertiary/aromatic N) is 8. The number of pyridine rings is 4. The minimum Gasteiger partial charge on any atom is -0.366 e. The van der Waals surface area contributed by atoms with E-state index in [1.54, 1.807) is 0 Å². The van der Waals surface area contributed by atoms with Crippen LogP contribution in [0.3, 0.4) is 0 Å². The van der Waals surface area contributed by atoms with Gasteiger partial charge in [0.25, 0.3) is 0 Å². The van der Waals surface area contributed by atoms with Crippen molar-refractivity contribution in [2.24, 2.45) is 0 Å². The molecule has 1 saturated carbocycles. The van der Waals surface area contributed by atoms with Crippen LogP contribution in [0.1, 0.15) is 82.0 Å². The Kier molecular flexibility index (Phi) is 10.2. The second-order valence-electron chi connectivity index (χ2n) is 15.3. The van der Waals surface area contributed by atoms with Crippen LogP contribution in [0.2, 0.25) is 0 Å². The molecule has 10 rings (SSSR count). The minimum atomic E-state index is 0.137. The van der Waals surface area contributed by atoms with E-state index in [1.807, 2.05) is 54.2 Å². The molecule has 1 aliphatic carbocycles. The Bertz CT molecular complexity index is 1860.